The summed E-state index contributed by atoms with van der Waals surface area (Å²) in [7, 11) is -1.24. The summed E-state index contributed by atoms with van der Waals surface area (Å²) in [5.41, 5.74) is 0.784. The molecule has 11 heteroatoms. The van der Waals surface area contributed by atoms with Gasteiger partial charge in [-0.2, -0.15) is 4.98 Å². The Bertz CT molecular complexity index is 790. The number of hydrogen-bond donors (Lipinski definition) is 0. The maximum atomic E-state index is 10.9. The molecule has 136 valence electrons. The molecule has 9 nitrogen and oxygen atoms in total. The van der Waals surface area contributed by atoms with Crippen molar-refractivity contribution >= 4 is 30.8 Å². The molecule has 0 spiro atoms. The van der Waals surface area contributed by atoms with Gasteiger partial charge in [-0.25, -0.2) is 0 Å². The van der Waals surface area contributed by atoms with E-state index in [9.17, 15) is 20.0 Å². The first-order valence-electron chi connectivity index (χ1n) is 7.72. The van der Waals surface area contributed by atoms with E-state index < -0.39 is 25.6 Å². The molecule has 0 amide bonds. The molecule has 0 bridgehead atoms. The molecule has 0 fully saturated rings. The summed E-state index contributed by atoms with van der Waals surface area (Å²) in [6.45, 7) is 6.70. The van der Waals surface area contributed by atoms with Crippen molar-refractivity contribution in [1.82, 2.24) is 9.55 Å². The van der Waals surface area contributed by atoms with Crippen LogP contribution in [0, 0.1) is 10.1 Å². The predicted octanol–water partition coefficient (Wildman–Crippen LogP) is -1.61. The fourth-order valence-electron chi connectivity index (χ4n) is 2.10. The van der Waals surface area contributed by atoms with E-state index in [2.05, 4.69) is 24.6 Å². The minimum absolute atomic E-state index is 0. The molecule has 0 aliphatic rings. The number of nitro groups is 1. The number of rotatable bonds is 9. The molecule has 0 N–H and O–H groups in total. The largest absolute Gasteiger partial charge is 1.00 e. The number of carboxylic acids is 1. The zero-order chi connectivity index (χ0) is 18.6. The fourth-order valence-corrected chi connectivity index (χ4v) is 2.86. The van der Waals surface area contributed by atoms with Crippen LogP contribution in [0.3, 0.4) is 0 Å². The van der Waals surface area contributed by atoms with Crippen molar-refractivity contribution in [2.45, 2.75) is 32.4 Å². The second-order valence-electron chi connectivity index (χ2n) is 6.76. The summed E-state index contributed by atoms with van der Waals surface area (Å²) in [4.78, 5) is 25.1. The number of aromatic nitrogens is 2. The Balaban J connectivity index is 0.00000338. The molecule has 2 aromatic rings. The van der Waals surface area contributed by atoms with Crippen molar-refractivity contribution in [2.75, 3.05) is 13.2 Å². The first-order chi connectivity index (χ1) is 11.7. The van der Waals surface area contributed by atoms with Gasteiger partial charge in [0, 0.05) is 26.8 Å². The van der Waals surface area contributed by atoms with Gasteiger partial charge in [-0.1, -0.05) is 19.6 Å². The van der Waals surface area contributed by atoms with E-state index in [-0.39, 0.29) is 37.3 Å². The summed E-state index contributed by atoms with van der Waals surface area (Å²) in [5, 5.41) is 21.5. The first-order valence-corrected chi connectivity index (χ1v) is 11.4. The van der Waals surface area contributed by atoms with E-state index >= 15 is 0 Å². The molecular formula is C15H20LiN3O6Si. The van der Waals surface area contributed by atoms with Crippen molar-refractivity contribution in [2.24, 2.45) is 0 Å². The second kappa shape index (κ2) is 9.18. The van der Waals surface area contributed by atoms with Crippen LogP contribution in [0.15, 0.2) is 18.2 Å². The van der Waals surface area contributed by atoms with E-state index in [1.165, 1.54) is 18.2 Å². The van der Waals surface area contributed by atoms with Gasteiger partial charge in [-0.05, 0) is 12.1 Å². The van der Waals surface area contributed by atoms with Crippen LogP contribution >= 0.6 is 0 Å². The molecule has 1 aromatic carbocycles. The molecule has 0 aliphatic heterocycles. The number of hydrogen-bond acceptors (Lipinski definition) is 7. The molecule has 2 rings (SSSR count). The van der Waals surface area contributed by atoms with Crippen molar-refractivity contribution in [3.05, 3.63) is 28.3 Å². The first kappa shape index (κ1) is 22.2. The maximum Gasteiger partial charge on any atom is 1.00 e. The van der Waals surface area contributed by atoms with E-state index in [4.69, 9.17) is 9.47 Å². The minimum Gasteiger partial charge on any atom is -0.546 e. The number of fused-ring (bicyclic) bond motifs is 1. The molecule has 0 unspecified atom stereocenters. The Labute approximate surface area is 163 Å². The number of nitrogens with zero attached hydrogens (tertiary/aromatic N) is 3. The average Bonchev–Trinajstić information content (AvgIpc) is 2.85. The van der Waals surface area contributed by atoms with Gasteiger partial charge in [0.15, 0.2) is 0 Å². The van der Waals surface area contributed by atoms with Gasteiger partial charge < -0.3 is 19.4 Å². The number of non-ortho nitro benzene ring substituents is 1. The topological polar surface area (TPSA) is 120 Å². The number of carbonyl (C=O) groups is 1. The fraction of sp³-hybridized carbons (Fsp3) is 0.467. The van der Waals surface area contributed by atoms with Crippen LogP contribution < -0.4 is 28.7 Å². The van der Waals surface area contributed by atoms with Crippen molar-refractivity contribution < 1.29 is 43.2 Å². The number of carbonyl (C=O) groups excluding carboxylic acids is 1. The SMILES string of the molecule is C[Si](C)(C)CCOCn1c(OCC(=O)[O-])nc2cc([N+](=O)[O-])ccc21.[Li+]. The van der Waals surface area contributed by atoms with Crippen molar-refractivity contribution in [3.8, 4) is 6.01 Å². The Hall–Kier alpha value is -1.87. The van der Waals surface area contributed by atoms with Crippen LogP contribution in [0.4, 0.5) is 5.69 Å². The summed E-state index contributed by atoms with van der Waals surface area (Å²) < 4.78 is 12.3. The Morgan fingerprint density at radius 2 is 2.04 bits per heavy atom. The number of carboxylic acid groups (broad SMARTS) is 1. The number of imidazole rings is 1. The zero-order valence-corrected chi connectivity index (χ0v) is 16.4. The molecule has 26 heavy (non-hydrogen) atoms. The average molecular weight is 373 g/mol. The minimum atomic E-state index is -1.38. The van der Waals surface area contributed by atoms with Gasteiger partial charge in [0.1, 0.15) is 13.3 Å². The predicted molar refractivity (Wildman–Crippen MR) is 91.0 cm³/mol. The number of aliphatic carboxylic acids is 1. The normalized spacial score (nSPS) is 11.2. The number of ether oxygens (including phenoxy) is 2. The standard InChI is InChI=1S/C15H21N3O6Si.Li/c1-25(2,3)7-6-23-10-17-13-5-4-11(18(21)22)8-12(13)16-15(17)24-9-14(19)20;/h4-5,8H,6-7,9-10H2,1-3H3,(H,19,20);/q;+1/p-1. The summed E-state index contributed by atoms with van der Waals surface area (Å²) >= 11 is 0. The maximum absolute atomic E-state index is 10.9. The Morgan fingerprint density at radius 1 is 1.35 bits per heavy atom. The van der Waals surface area contributed by atoms with Gasteiger partial charge in [-0.3, -0.25) is 14.7 Å². The van der Waals surface area contributed by atoms with E-state index in [1.54, 1.807) is 4.57 Å². The molecule has 0 atom stereocenters. The van der Waals surface area contributed by atoms with Gasteiger partial charge in [0.05, 0.1) is 21.9 Å². The molecule has 0 saturated heterocycles. The molecule has 0 saturated carbocycles. The van der Waals surface area contributed by atoms with Crippen LogP contribution in [0.2, 0.25) is 25.7 Å². The van der Waals surface area contributed by atoms with Gasteiger partial charge >= 0.3 is 18.9 Å². The molecule has 0 aliphatic carbocycles. The second-order valence-corrected chi connectivity index (χ2v) is 12.4. The van der Waals surface area contributed by atoms with Crippen LogP contribution in [0.1, 0.15) is 0 Å². The Morgan fingerprint density at radius 3 is 2.62 bits per heavy atom. The molecule has 1 aromatic heterocycles. The number of nitro benzene ring substituents is 1. The van der Waals surface area contributed by atoms with E-state index in [0.717, 1.165) is 6.04 Å². The summed E-state index contributed by atoms with van der Waals surface area (Å²) in [5.74, 6) is -1.38. The third kappa shape index (κ3) is 6.14. The van der Waals surface area contributed by atoms with Crippen LogP contribution in [0.25, 0.3) is 11.0 Å². The van der Waals surface area contributed by atoms with Gasteiger partial charge in [0.25, 0.3) is 11.7 Å². The van der Waals surface area contributed by atoms with Crippen LogP contribution in [0.5, 0.6) is 6.01 Å². The number of benzene rings is 1. The van der Waals surface area contributed by atoms with Crippen LogP contribution in [-0.2, 0) is 16.3 Å². The van der Waals surface area contributed by atoms with Crippen molar-refractivity contribution in [1.29, 1.82) is 0 Å². The van der Waals surface area contributed by atoms with Gasteiger partial charge in [-0.15, -0.1) is 0 Å². The Kier molecular flexibility index (Phi) is 7.83. The summed E-state index contributed by atoms with van der Waals surface area (Å²) in [6, 6.07) is 5.19. The smallest absolute Gasteiger partial charge is 0.546 e. The quantitative estimate of drug-likeness (QED) is 0.224. The molecule has 1 heterocycles. The van der Waals surface area contributed by atoms with E-state index in [1.807, 2.05) is 0 Å². The molecule has 0 radical (unpaired) electrons. The van der Waals surface area contributed by atoms with Crippen LogP contribution in [-0.4, -0.2) is 41.7 Å². The third-order valence-electron chi connectivity index (χ3n) is 3.44. The summed E-state index contributed by atoms with van der Waals surface area (Å²) in [6.07, 6.45) is 0. The van der Waals surface area contributed by atoms with E-state index in [0.29, 0.717) is 17.6 Å². The molecular weight excluding hydrogens is 353 g/mol. The van der Waals surface area contributed by atoms with Gasteiger partial charge in [0.2, 0.25) is 0 Å². The monoisotopic (exact) mass is 373 g/mol. The third-order valence-corrected chi connectivity index (χ3v) is 5.15. The zero-order valence-electron chi connectivity index (χ0n) is 15.4. The van der Waals surface area contributed by atoms with Crippen molar-refractivity contribution in [3.63, 3.8) is 0 Å².